The van der Waals surface area contributed by atoms with Gasteiger partial charge in [0.05, 0.1) is 17.8 Å². The fraction of sp³-hybridized carbons (Fsp3) is 0.290. The van der Waals surface area contributed by atoms with Gasteiger partial charge < -0.3 is 20.1 Å². The minimum atomic E-state index is -0.155. The van der Waals surface area contributed by atoms with Crippen molar-refractivity contribution < 1.29 is 4.79 Å². The molecule has 1 saturated heterocycles. The third kappa shape index (κ3) is 4.92. The molecule has 5 rings (SSSR count). The molecule has 3 aromatic heterocycles. The predicted octanol–water partition coefficient (Wildman–Crippen LogP) is 6.27. The molecule has 8 heteroatoms. The van der Waals surface area contributed by atoms with Crippen molar-refractivity contribution >= 4 is 34.6 Å². The van der Waals surface area contributed by atoms with Crippen LogP contribution < -0.4 is 15.5 Å². The fourth-order valence-electron chi connectivity index (χ4n) is 5.29. The van der Waals surface area contributed by atoms with E-state index in [1.165, 1.54) is 0 Å². The van der Waals surface area contributed by atoms with Crippen LogP contribution in [-0.2, 0) is 4.79 Å². The van der Waals surface area contributed by atoms with Crippen molar-refractivity contribution in [2.75, 3.05) is 10.2 Å². The second-order valence-corrected chi connectivity index (χ2v) is 10.8. The Morgan fingerprint density at radius 2 is 1.74 bits per heavy atom. The molecule has 200 valence electrons. The van der Waals surface area contributed by atoms with E-state index in [1.54, 1.807) is 0 Å². The second-order valence-electron chi connectivity index (χ2n) is 10.4. The Morgan fingerprint density at radius 3 is 2.41 bits per heavy atom. The van der Waals surface area contributed by atoms with Crippen LogP contribution in [-0.4, -0.2) is 25.6 Å². The van der Waals surface area contributed by atoms with Gasteiger partial charge in [0.2, 0.25) is 5.91 Å². The average molecular weight is 539 g/mol. The molecule has 0 saturated carbocycles. The van der Waals surface area contributed by atoms with Crippen LogP contribution in [0.2, 0.25) is 0 Å². The van der Waals surface area contributed by atoms with Gasteiger partial charge in [-0.1, -0.05) is 26.0 Å². The Hall–Kier alpha value is -4.04. The number of rotatable bonds is 6. The van der Waals surface area contributed by atoms with E-state index in [1.807, 2.05) is 69.6 Å². The lowest BCUT2D eigenvalue weighted by atomic mass is 9.96. The summed E-state index contributed by atoms with van der Waals surface area (Å²) >= 11 is 5.95. The normalized spacial score (nSPS) is 17.0. The van der Waals surface area contributed by atoms with E-state index in [9.17, 15) is 4.79 Å². The molecule has 0 bridgehead atoms. The molecule has 1 aliphatic rings. The van der Waals surface area contributed by atoms with Crippen molar-refractivity contribution in [1.29, 1.82) is 0 Å². The number of thiocarbonyl (C=S) groups is 1. The maximum atomic E-state index is 12.3. The van der Waals surface area contributed by atoms with Gasteiger partial charge in [-0.2, -0.15) is 0 Å². The fourth-order valence-corrected chi connectivity index (χ4v) is 5.63. The molecule has 1 aliphatic heterocycles. The van der Waals surface area contributed by atoms with E-state index in [0.29, 0.717) is 5.11 Å². The van der Waals surface area contributed by atoms with E-state index >= 15 is 0 Å². The van der Waals surface area contributed by atoms with Crippen LogP contribution in [0.5, 0.6) is 0 Å². The number of carbonyl (C=O) groups is 1. The summed E-state index contributed by atoms with van der Waals surface area (Å²) in [6.45, 7) is 12.1. The molecule has 7 nitrogen and oxygen atoms in total. The molecule has 1 aromatic carbocycles. The minimum Gasteiger partial charge on any atom is -0.351 e. The van der Waals surface area contributed by atoms with Crippen LogP contribution >= 0.6 is 12.2 Å². The van der Waals surface area contributed by atoms with Crippen LogP contribution in [0.1, 0.15) is 59.7 Å². The second kappa shape index (κ2) is 10.6. The first-order valence-corrected chi connectivity index (χ1v) is 13.6. The first kappa shape index (κ1) is 26.6. The number of pyridine rings is 2. The summed E-state index contributed by atoms with van der Waals surface area (Å²) in [5.74, 6) is 0.824. The van der Waals surface area contributed by atoms with Gasteiger partial charge in [-0.05, 0) is 99.1 Å². The number of aryl methyl sites for hydroxylation is 3. The molecule has 0 unspecified atom stereocenters. The molecule has 0 aliphatic carbocycles. The van der Waals surface area contributed by atoms with E-state index in [4.69, 9.17) is 22.2 Å². The number of amides is 1. The van der Waals surface area contributed by atoms with Crippen molar-refractivity contribution in [1.82, 2.24) is 19.9 Å². The average Bonchev–Trinajstić information content (AvgIpc) is 3.41. The van der Waals surface area contributed by atoms with Crippen LogP contribution in [0.3, 0.4) is 0 Å². The maximum absolute atomic E-state index is 12.3. The summed E-state index contributed by atoms with van der Waals surface area (Å²) in [5, 5.41) is 7.22. The van der Waals surface area contributed by atoms with Crippen molar-refractivity contribution in [3.63, 3.8) is 0 Å². The van der Waals surface area contributed by atoms with E-state index < -0.39 is 0 Å². The van der Waals surface area contributed by atoms with Crippen LogP contribution in [0.25, 0.3) is 5.82 Å². The summed E-state index contributed by atoms with van der Waals surface area (Å²) in [6, 6.07) is 18.0. The highest BCUT2D eigenvalue weighted by atomic mass is 32.1. The van der Waals surface area contributed by atoms with E-state index in [2.05, 4.69) is 59.1 Å². The molecule has 2 N–H and O–H groups in total. The molecule has 2 atom stereocenters. The molecule has 4 heterocycles. The zero-order chi connectivity index (χ0) is 27.8. The highest BCUT2D eigenvalue weighted by Gasteiger charge is 2.42. The SMILES string of the molecule is Cc1cc(N2C(=S)N[C@@H](c3ccccn3)[C@H]2c2cc(C)n(-c3ncccc3C)c2C)ccc1NC(=O)C(C)C. The number of anilines is 2. The van der Waals surface area contributed by atoms with Crippen molar-refractivity contribution in [3.05, 3.63) is 101 Å². The molecular weight excluding hydrogens is 504 g/mol. The standard InChI is InChI=1S/C31H34N6OS/c1-18(2)30(38)34-25-13-12-23(16-20(25)4)37-28(27(35-31(37)39)26-11-7-8-14-32-26)24-17-21(5)36(22(24)6)29-19(3)10-9-15-33-29/h7-18,27-28H,1-6H3,(H,34,38)(H,35,39)/t27-,28+/m0/s1. The zero-order valence-electron chi connectivity index (χ0n) is 23.2. The number of hydrogen-bond donors (Lipinski definition) is 2. The number of nitrogens with zero attached hydrogens (tertiary/aromatic N) is 4. The third-order valence-corrected chi connectivity index (χ3v) is 7.67. The van der Waals surface area contributed by atoms with Crippen LogP contribution in [0, 0.1) is 33.6 Å². The van der Waals surface area contributed by atoms with E-state index in [-0.39, 0.29) is 23.9 Å². The lowest BCUT2D eigenvalue weighted by Gasteiger charge is -2.29. The van der Waals surface area contributed by atoms with Crippen molar-refractivity contribution in [2.24, 2.45) is 5.92 Å². The summed E-state index contributed by atoms with van der Waals surface area (Å²) in [5.41, 5.74) is 8.11. The zero-order valence-corrected chi connectivity index (χ0v) is 24.0. The smallest absolute Gasteiger partial charge is 0.226 e. The molecule has 0 radical (unpaired) electrons. The molecule has 1 amide bonds. The quantitative estimate of drug-likeness (QED) is 0.282. The summed E-state index contributed by atoms with van der Waals surface area (Å²) in [4.78, 5) is 23.9. The van der Waals surface area contributed by atoms with Gasteiger partial charge in [0.1, 0.15) is 5.82 Å². The third-order valence-electron chi connectivity index (χ3n) is 7.35. The molecule has 4 aromatic rings. The predicted molar refractivity (Wildman–Crippen MR) is 160 cm³/mol. The Balaban J connectivity index is 1.63. The van der Waals surface area contributed by atoms with Gasteiger partial charge in [0.15, 0.2) is 5.11 Å². The lowest BCUT2D eigenvalue weighted by molar-refractivity contribution is -0.118. The van der Waals surface area contributed by atoms with Crippen LogP contribution in [0.15, 0.2) is 67.0 Å². The van der Waals surface area contributed by atoms with E-state index in [0.717, 1.165) is 51.0 Å². The summed E-state index contributed by atoms with van der Waals surface area (Å²) in [6.07, 6.45) is 3.65. The topological polar surface area (TPSA) is 75.1 Å². The largest absolute Gasteiger partial charge is 0.351 e. The molecule has 1 fully saturated rings. The van der Waals surface area contributed by atoms with Gasteiger partial charge >= 0.3 is 0 Å². The number of hydrogen-bond acceptors (Lipinski definition) is 4. The molecule has 0 spiro atoms. The van der Waals surface area contributed by atoms with Crippen molar-refractivity contribution in [2.45, 2.75) is 53.6 Å². The summed E-state index contributed by atoms with van der Waals surface area (Å²) < 4.78 is 2.22. The minimum absolute atomic E-state index is 0.00504. The van der Waals surface area contributed by atoms with Gasteiger partial charge in [-0.3, -0.25) is 9.78 Å². The van der Waals surface area contributed by atoms with Crippen LogP contribution in [0.4, 0.5) is 11.4 Å². The number of benzene rings is 1. The van der Waals surface area contributed by atoms with Gasteiger partial charge in [0.25, 0.3) is 0 Å². The lowest BCUT2D eigenvalue weighted by Crippen LogP contribution is -2.29. The van der Waals surface area contributed by atoms with Crippen molar-refractivity contribution in [3.8, 4) is 5.82 Å². The first-order valence-electron chi connectivity index (χ1n) is 13.2. The number of nitrogens with one attached hydrogen (secondary N) is 2. The monoisotopic (exact) mass is 538 g/mol. The Bertz CT molecular complexity index is 1540. The molecular formula is C31H34N6OS. The summed E-state index contributed by atoms with van der Waals surface area (Å²) in [7, 11) is 0. The Morgan fingerprint density at radius 1 is 0.974 bits per heavy atom. The number of aromatic nitrogens is 3. The number of carbonyl (C=O) groups excluding carboxylic acids is 1. The Labute approximate surface area is 235 Å². The molecule has 39 heavy (non-hydrogen) atoms. The highest BCUT2D eigenvalue weighted by molar-refractivity contribution is 7.80. The van der Waals surface area contributed by atoms with Gasteiger partial charge in [-0.15, -0.1) is 0 Å². The van der Waals surface area contributed by atoms with Gasteiger partial charge in [-0.25, -0.2) is 4.98 Å². The highest BCUT2D eigenvalue weighted by Crippen LogP contribution is 2.44. The maximum Gasteiger partial charge on any atom is 0.226 e. The Kier molecular flexibility index (Phi) is 7.23. The van der Waals surface area contributed by atoms with Gasteiger partial charge in [0, 0.05) is 41.1 Å². The first-order chi connectivity index (χ1) is 18.7.